The molecule has 3 rings (SSSR count). The van der Waals surface area contributed by atoms with Crippen molar-refractivity contribution in [2.24, 2.45) is 5.92 Å². The van der Waals surface area contributed by atoms with Gasteiger partial charge >= 0.3 is 0 Å². The van der Waals surface area contributed by atoms with Gasteiger partial charge in [0.25, 0.3) is 5.91 Å². The number of halogens is 2. The zero-order chi connectivity index (χ0) is 20.1. The molecule has 6 nitrogen and oxygen atoms in total. The van der Waals surface area contributed by atoms with Gasteiger partial charge in [-0.3, -0.25) is 9.59 Å². The SMILES string of the molecule is Cc1ccnc(NC(=O)C2CCN(C(=O)COc3cc(Cl)ccc3Cl)CC2)c1. The van der Waals surface area contributed by atoms with Crippen LogP contribution in [0.1, 0.15) is 18.4 Å². The lowest BCUT2D eigenvalue weighted by Crippen LogP contribution is -2.43. The van der Waals surface area contributed by atoms with Gasteiger partial charge in [0.1, 0.15) is 11.6 Å². The number of rotatable bonds is 5. The van der Waals surface area contributed by atoms with Gasteiger partial charge in [0.15, 0.2) is 6.61 Å². The Kier molecular flexibility index (Phi) is 6.75. The molecule has 0 bridgehead atoms. The van der Waals surface area contributed by atoms with E-state index in [1.165, 1.54) is 0 Å². The number of aromatic nitrogens is 1. The highest BCUT2D eigenvalue weighted by Crippen LogP contribution is 2.28. The minimum atomic E-state index is -0.144. The van der Waals surface area contributed by atoms with Gasteiger partial charge in [0.05, 0.1) is 5.02 Å². The van der Waals surface area contributed by atoms with Gasteiger partial charge in [0, 0.05) is 36.3 Å². The molecule has 0 unspecified atom stereocenters. The van der Waals surface area contributed by atoms with Crippen LogP contribution in [-0.2, 0) is 9.59 Å². The number of aryl methyl sites for hydroxylation is 1. The van der Waals surface area contributed by atoms with Crippen LogP contribution in [0.4, 0.5) is 5.82 Å². The van der Waals surface area contributed by atoms with Crippen molar-refractivity contribution in [2.75, 3.05) is 25.0 Å². The molecular weight excluding hydrogens is 401 g/mol. The first-order chi connectivity index (χ1) is 13.4. The van der Waals surface area contributed by atoms with Crippen LogP contribution < -0.4 is 10.1 Å². The Morgan fingerprint density at radius 3 is 2.68 bits per heavy atom. The number of ether oxygens (including phenoxy) is 1. The van der Waals surface area contributed by atoms with Crippen LogP contribution in [0, 0.1) is 12.8 Å². The van der Waals surface area contributed by atoms with Crippen molar-refractivity contribution in [3.8, 4) is 5.75 Å². The van der Waals surface area contributed by atoms with E-state index in [0.29, 0.717) is 47.5 Å². The molecule has 1 saturated heterocycles. The van der Waals surface area contributed by atoms with Crippen LogP contribution in [-0.4, -0.2) is 41.4 Å². The maximum atomic E-state index is 12.4. The average molecular weight is 422 g/mol. The van der Waals surface area contributed by atoms with E-state index in [0.717, 1.165) is 5.56 Å². The number of nitrogens with one attached hydrogen (secondary N) is 1. The lowest BCUT2D eigenvalue weighted by Gasteiger charge is -2.31. The molecule has 2 aromatic rings. The quantitative estimate of drug-likeness (QED) is 0.792. The number of carbonyl (C=O) groups is 2. The molecule has 0 atom stereocenters. The highest BCUT2D eigenvalue weighted by Gasteiger charge is 2.27. The Morgan fingerprint density at radius 1 is 1.21 bits per heavy atom. The van der Waals surface area contributed by atoms with Crippen molar-refractivity contribution >= 4 is 40.8 Å². The van der Waals surface area contributed by atoms with Crippen LogP contribution in [0.3, 0.4) is 0 Å². The van der Waals surface area contributed by atoms with Gasteiger partial charge in [-0.1, -0.05) is 23.2 Å². The fourth-order valence-corrected chi connectivity index (χ4v) is 3.38. The second-order valence-corrected chi connectivity index (χ2v) is 7.57. The predicted octanol–water partition coefficient (Wildman–Crippen LogP) is 3.95. The lowest BCUT2D eigenvalue weighted by atomic mass is 9.96. The normalized spacial score (nSPS) is 14.6. The van der Waals surface area contributed by atoms with E-state index in [4.69, 9.17) is 27.9 Å². The number of carbonyl (C=O) groups excluding carboxylic acids is 2. The van der Waals surface area contributed by atoms with Gasteiger partial charge in [-0.25, -0.2) is 4.98 Å². The van der Waals surface area contributed by atoms with Crippen molar-refractivity contribution in [2.45, 2.75) is 19.8 Å². The molecule has 0 aliphatic carbocycles. The minimum Gasteiger partial charge on any atom is -0.482 e. The fraction of sp³-hybridized carbons (Fsp3) is 0.350. The standard InChI is InChI=1S/C20H21Cl2N3O3/c1-13-4-7-23-18(10-13)24-20(27)14-5-8-25(9-6-14)19(26)12-28-17-11-15(21)2-3-16(17)22/h2-4,7,10-11,14H,5-6,8-9,12H2,1H3,(H,23,24,27). The second kappa shape index (κ2) is 9.26. The van der Waals surface area contributed by atoms with E-state index < -0.39 is 0 Å². The zero-order valence-electron chi connectivity index (χ0n) is 15.5. The number of amides is 2. The molecule has 8 heteroatoms. The van der Waals surface area contributed by atoms with Gasteiger partial charge in [-0.2, -0.15) is 0 Å². The Labute approximate surface area is 173 Å². The minimum absolute atomic E-state index is 0.0628. The first kappa shape index (κ1) is 20.4. The molecule has 148 valence electrons. The molecular formula is C20H21Cl2N3O3. The summed E-state index contributed by atoms with van der Waals surface area (Å²) in [5.74, 6) is 0.579. The molecule has 1 aromatic carbocycles. The Bertz CT molecular complexity index is 868. The van der Waals surface area contributed by atoms with E-state index >= 15 is 0 Å². The molecule has 1 aliphatic heterocycles. The number of hydrogen-bond donors (Lipinski definition) is 1. The Balaban J connectivity index is 1.47. The van der Waals surface area contributed by atoms with Gasteiger partial charge in [-0.15, -0.1) is 0 Å². The van der Waals surface area contributed by atoms with Crippen molar-refractivity contribution in [3.05, 3.63) is 52.1 Å². The summed E-state index contributed by atoms with van der Waals surface area (Å²) in [5.41, 5.74) is 1.03. The zero-order valence-corrected chi connectivity index (χ0v) is 17.0. The summed E-state index contributed by atoms with van der Waals surface area (Å²) >= 11 is 12.0. The molecule has 0 radical (unpaired) electrons. The van der Waals surface area contributed by atoms with E-state index in [2.05, 4.69) is 10.3 Å². The molecule has 28 heavy (non-hydrogen) atoms. The second-order valence-electron chi connectivity index (χ2n) is 6.73. The Morgan fingerprint density at radius 2 is 1.96 bits per heavy atom. The molecule has 1 N–H and O–H groups in total. The smallest absolute Gasteiger partial charge is 0.260 e. The number of pyridine rings is 1. The fourth-order valence-electron chi connectivity index (χ4n) is 3.04. The van der Waals surface area contributed by atoms with Gasteiger partial charge in [0.2, 0.25) is 5.91 Å². The molecule has 0 spiro atoms. The number of piperidine rings is 1. The van der Waals surface area contributed by atoms with Crippen molar-refractivity contribution in [1.29, 1.82) is 0 Å². The number of hydrogen-bond acceptors (Lipinski definition) is 4. The maximum Gasteiger partial charge on any atom is 0.260 e. The van der Waals surface area contributed by atoms with Crippen molar-refractivity contribution in [3.63, 3.8) is 0 Å². The molecule has 0 saturated carbocycles. The van der Waals surface area contributed by atoms with E-state index in [9.17, 15) is 9.59 Å². The number of likely N-dealkylation sites (tertiary alicyclic amines) is 1. The van der Waals surface area contributed by atoms with Crippen LogP contribution >= 0.6 is 23.2 Å². The first-order valence-electron chi connectivity index (χ1n) is 9.01. The average Bonchev–Trinajstić information content (AvgIpc) is 2.68. The lowest BCUT2D eigenvalue weighted by molar-refractivity contribution is -0.136. The van der Waals surface area contributed by atoms with E-state index in [1.807, 2.05) is 19.1 Å². The van der Waals surface area contributed by atoms with Crippen molar-refractivity contribution in [1.82, 2.24) is 9.88 Å². The monoisotopic (exact) mass is 421 g/mol. The third-order valence-electron chi connectivity index (χ3n) is 4.63. The van der Waals surface area contributed by atoms with Crippen LogP contribution in [0.25, 0.3) is 0 Å². The summed E-state index contributed by atoms with van der Waals surface area (Å²) in [6.45, 7) is 2.83. The Hall–Kier alpha value is -2.31. The molecule has 1 fully saturated rings. The van der Waals surface area contributed by atoms with E-state index in [1.54, 1.807) is 29.3 Å². The number of anilines is 1. The maximum absolute atomic E-state index is 12.4. The topological polar surface area (TPSA) is 71.5 Å². The summed E-state index contributed by atoms with van der Waals surface area (Å²) in [7, 11) is 0. The summed E-state index contributed by atoms with van der Waals surface area (Å²) in [6.07, 6.45) is 2.86. The van der Waals surface area contributed by atoms with Gasteiger partial charge in [-0.05, 0) is 49.6 Å². The molecule has 1 aromatic heterocycles. The van der Waals surface area contributed by atoms with Crippen molar-refractivity contribution < 1.29 is 14.3 Å². The van der Waals surface area contributed by atoms with Gasteiger partial charge < -0.3 is 15.0 Å². The number of nitrogens with zero attached hydrogens (tertiary/aromatic N) is 2. The molecule has 2 heterocycles. The third kappa shape index (κ3) is 5.36. The van der Waals surface area contributed by atoms with Crippen LogP contribution in [0.2, 0.25) is 10.0 Å². The number of benzene rings is 1. The summed E-state index contributed by atoms with van der Waals surface area (Å²) < 4.78 is 5.50. The molecule has 1 aliphatic rings. The predicted molar refractivity (Wildman–Crippen MR) is 109 cm³/mol. The van der Waals surface area contributed by atoms with Crippen LogP contribution in [0.5, 0.6) is 5.75 Å². The summed E-state index contributed by atoms with van der Waals surface area (Å²) in [5, 5.41) is 3.74. The summed E-state index contributed by atoms with van der Waals surface area (Å²) in [6, 6.07) is 8.55. The first-order valence-corrected chi connectivity index (χ1v) is 9.77. The van der Waals surface area contributed by atoms with E-state index in [-0.39, 0.29) is 24.3 Å². The largest absolute Gasteiger partial charge is 0.482 e. The highest BCUT2D eigenvalue weighted by molar-refractivity contribution is 6.34. The molecule has 2 amide bonds. The third-order valence-corrected chi connectivity index (χ3v) is 5.18. The summed E-state index contributed by atoms with van der Waals surface area (Å²) in [4.78, 5) is 30.7. The highest BCUT2D eigenvalue weighted by atomic mass is 35.5. The van der Waals surface area contributed by atoms with Crippen LogP contribution in [0.15, 0.2) is 36.5 Å².